The molecule has 0 spiro atoms. The average molecular weight is 318 g/mol. The lowest BCUT2D eigenvalue weighted by atomic mass is 10.1. The molecule has 8 heteroatoms. The lowest BCUT2D eigenvalue weighted by Gasteiger charge is -2.09. The number of urea groups is 1. The number of hydrogen-bond donors (Lipinski definition) is 2. The van der Waals surface area contributed by atoms with Crippen LogP contribution in [0, 0.1) is 6.92 Å². The van der Waals surface area contributed by atoms with Crippen LogP contribution in [0.25, 0.3) is 0 Å². The van der Waals surface area contributed by atoms with Crippen molar-refractivity contribution in [3.63, 3.8) is 0 Å². The van der Waals surface area contributed by atoms with Gasteiger partial charge in [-0.3, -0.25) is 0 Å². The zero-order valence-corrected chi connectivity index (χ0v) is 13.0. The van der Waals surface area contributed by atoms with Crippen molar-refractivity contribution in [2.75, 3.05) is 18.5 Å². The minimum Gasteiger partial charge on any atom is -0.490 e. The third-order valence-corrected chi connectivity index (χ3v) is 3.39. The third kappa shape index (κ3) is 3.71. The van der Waals surface area contributed by atoms with Crippen molar-refractivity contribution >= 4 is 11.7 Å². The van der Waals surface area contributed by atoms with Gasteiger partial charge in [0.2, 0.25) is 0 Å². The number of amides is 2. The molecule has 8 nitrogen and oxygen atoms in total. The second-order valence-electron chi connectivity index (χ2n) is 5.34. The summed E-state index contributed by atoms with van der Waals surface area (Å²) in [5.41, 5.74) is 2.41. The van der Waals surface area contributed by atoms with Gasteiger partial charge >= 0.3 is 6.03 Å². The molecule has 2 amide bonds. The molecule has 2 aromatic rings. The van der Waals surface area contributed by atoms with Crippen LogP contribution in [-0.4, -0.2) is 35.6 Å². The molecule has 0 saturated heterocycles. The fraction of sp³-hybridized carbons (Fsp3) is 0.400. The molecule has 1 aliphatic heterocycles. The molecule has 0 aliphatic carbocycles. The molecule has 0 fully saturated rings. The molecule has 3 rings (SSSR count). The Balaban J connectivity index is 1.43. The Hall–Kier alpha value is -2.77. The monoisotopic (exact) mass is 318 g/mol. The van der Waals surface area contributed by atoms with Crippen LogP contribution in [0.2, 0.25) is 0 Å². The highest BCUT2D eigenvalue weighted by atomic mass is 16.6. The van der Waals surface area contributed by atoms with Gasteiger partial charge in [0.15, 0.2) is 0 Å². The standard InChI is InChI=1S/C15H18N4O4/c1-9-7-11-8-12(3-4-13(11)22-9)17-15(20)16-5-6-21-14-10(2)18-23-19-14/h3-4,8-9H,5-7H2,1-2H3,(H2,16,17,20)/t9-/m0/s1. The van der Waals surface area contributed by atoms with Gasteiger partial charge in [-0.05, 0) is 42.8 Å². The van der Waals surface area contributed by atoms with E-state index in [1.165, 1.54) is 0 Å². The third-order valence-electron chi connectivity index (χ3n) is 3.39. The van der Waals surface area contributed by atoms with Crippen LogP contribution >= 0.6 is 0 Å². The first-order valence-electron chi connectivity index (χ1n) is 7.38. The summed E-state index contributed by atoms with van der Waals surface area (Å²) in [5.74, 6) is 1.22. The highest BCUT2D eigenvalue weighted by Crippen LogP contribution is 2.30. The second kappa shape index (κ2) is 6.55. The van der Waals surface area contributed by atoms with Gasteiger partial charge < -0.3 is 20.1 Å². The number of hydrogen-bond acceptors (Lipinski definition) is 6. The summed E-state index contributed by atoms with van der Waals surface area (Å²) in [5, 5.41) is 12.7. The molecular formula is C15H18N4O4. The van der Waals surface area contributed by atoms with Crippen molar-refractivity contribution in [3.8, 4) is 11.6 Å². The maximum absolute atomic E-state index is 11.8. The summed E-state index contributed by atoms with van der Waals surface area (Å²) in [6.45, 7) is 4.36. The highest BCUT2D eigenvalue weighted by Gasteiger charge is 2.19. The molecule has 0 bridgehead atoms. The number of rotatable bonds is 5. The van der Waals surface area contributed by atoms with Crippen molar-refractivity contribution < 1.29 is 18.9 Å². The Kier molecular flexibility index (Phi) is 4.31. The smallest absolute Gasteiger partial charge is 0.319 e. The van der Waals surface area contributed by atoms with E-state index in [0.717, 1.165) is 23.4 Å². The fourth-order valence-corrected chi connectivity index (χ4v) is 2.34. The van der Waals surface area contributed by atoms with Gasteiger partial charge in [-0.2, -0.15) is 0 Å². The van der Waals surface area contributed by atoms with E-state index in [4.69, 9.17) is 9.47 Å². The minimum atomic E-state index is -0.296. The zero-order valence-electron chi connectivity index (χ0n) is 13.0. The van der Waals surface area contributed by atoms with Crippen LogP contribution < -0.4 is 20.1 Å². The molecule has 0 radical (unpaired) electrons. The number of anilines is 1. The van der Waals surface area contributed by atoms with Crippen LogP contribution in [0.3, 0.4) is 0 Å². The molecule has 122 valence electrons. The Morgan fingerprint density at radius 3 is 3.09 bits per heavy atom. The molecule has 1 atom stereocenters. The number of ether oxygens (including phenoxy) is 2. The molecule has 2 heterocycles. The Labute approximate surface area is 133 Å². The van der Waals surface area contributed by atoms with Gasteiger partial charge in [0.25, 0.3) is 5.88 Å². The Morgan fingerprint density at radius 2 is 2.30 bits per heavy atom. The summed E-state index contributed by atoms with van der Waals surface area (Å²) in [6.07, 6.45) is 1.03. The Morgan fingerprint density at radius 1 is 1.43 bits per heavy atom. The molecule has 23 heavy (non-hydrogen) atoms. The summed E-state index contributed by atoms with van der Waals surface area (Å²) >= 11 is 0. The number of carbonyl (C=O) groups is 1. The van der Waals surface area contributed by atoms with E-state index in [2.05, 4.69) is 25.6 Å². The molecular weight excluding hydrogens is 300 g/mol. The number of fused-ring (bicyclic) bond motifs is 1. The quantitative estimate of drug-likeness (QED) is 0.817. The van der Waals surface area contributed by atoms with E-state index >= 15 is 0 Å². The Bertz CT molecular complexity index is 701. The van der Waals surface area contributed by atoms with E-state index < -0.39 is 0 Å². The molecule has 1 aromatic carbocycles. The molecule has 2 N–H and O–H groups in total. The lowest BCUT2D eigenvalue weighted by Crippen LogP contribution is -2.32. The van der Waals surface area contributed by atoms with Gasteiger partial charge in [0.1, 0.15) is 24.2 Å². The summed E-state index contributed by atoms with van der Waals surface area (Å²) in [7, 11) is 0. The van der Waals surface area contributed by atoms with Crippen molar-refractivity contribution in [2.45, 2.75) is 26.4 Å². The SMILES string of the molecule is Cc1nonc1OCCNC(=O)Nc1ccc2c(c1)C[C@H](C)O2. The number of nitrogens with zero attached hydrogens (tertiary/aromatic N) is 2. The number of nitrogens with one attached hydrogen (secondary N) is 2. The number of aromatic nitrogens is 2. The summed E-state index contributed by atoms with van der Waals surface area (Å²) in [6, 6.07) is 5.32. The first kappa shape index (κ1) is 15.1. The topological polar surface area (TPSA) is 98.5 Å². The zero-order chi connectivity index (χ0) is 16.2. The van der Waals surface area contributed by atoms with Crippen molar-refractivity contribution in [1.82, 2.24) is 15.6 Å². The van der Waals surface area contributed by atoms with E-state index in [1.807, 2.05) is 25.1 Å². The van der Waals surface area contributed by atoms with E-state index in [1.54, 1.807) is 6.92 Å². The van der Waals surface area contributed by atoms with Gasteiger partial charge in [-0.15, -0.1) is 0 Å². The van der Waals surface area contributed by atoms with Crippen LogP contribution in [0.5, 0.6) is 11.6 Å². The summed E-state index contributed by atoms with van der Waals surface area (Å²) < 4.78 is 15.5. The van der Waals surface area contributed by atoms with Crippen LogP contribution in [0.1, 0.15) is 18.2 Å². The molecule has 1 aliphatic rings. The maximum atomic E-state index is 11.8. The van der Waals surface area contributed by atoms with Crippen LogP contribution in [0.15, 0.2) is 22.8 Å². The predicted octanol–water partition coefficient (Wildman–Crippen LogP) is 1.90. The lowest BCUT2D eigenvalue weighted by molar-refractivity contribution is 0.240. The highest BCUT2D eigenvalue weighted by molar-refractivity contribution is 5.89. The molecule has 0 unspecified atom stereocenters. The van der Waals surface area contributed by atoms with Crippen molar-refractivity contribution in [3.05, 3.63) is 29.5 Å². The van der Waals surface area contributed by atoms with E-state index in [0.29, 0.717) is 18.1 Å². The normalized spacial score (nSPS) is 15.7. The molecule has 0 saturated carbocycles. The number of carbonyl (C=O) groups excluding carboxylic acids is 1. The fourth-order valence-electron chi connectivity index (χ4n) is 2.34. The van der Waals surface area contributed by atoms with Gasteiger partial charge in [-0.1, -0.05) is 5.16 Å². The van der Waals surface area contributed by atoms with Gasteiger partial charge in [0.05, 0.1) is 6.54 Å². The van der Waals surface area contributed by atoms with Crippen molar-refractivity contribution in [2.24, 2.45) is 0 Å². The molecule has 1 aromatic heterocycles. The maximum Gasteiger partial charge on any atom is 0.319 e. The minimum absolute atomic E-state index is 0.181. The van der Waals surface area contributed by atoms with E-state index in [-0.39, 0.29) is 18.7 Å². The largest absolute Gasteiger partial charge is 0.490 e. The number of aryl methyl sites for hydroxylation is 1. The average Bonchev–Trinajstić information content (AvgIpc) is 3.08. The number of benzene rings is 1. The van der Waals surface area contributed by atoms with Crippen LogP contribution in [0.4, 0.5) is 10.5 Å². The predicted molar refractivity (Wildman–Crippen MR) is 81.8 cm³/mol. The first-order valence-corrected chi connectivity index (χ1v) is 7.38. The van der Waals surface area contributed by atoms with Gasteiger partial charge in [0, 0.05) is 12.1 Å². The summed E-state index contributed by atoms with van der Waals surface area (Å²) in [4.78, 5) is 11.8. The first-order chi connectivity index (χ1) is 11.1. The second-order valence-corrected chi connectivity index (χ2v) is 5.34. The van der Waals surface area contributed by atoms with Crippen LogP contribution in [-0.2, 0) is 6.42 Å². The van der Waals surface area contributed by atoms with E-state index in [9.17, 15) is 4.79 Å². The van der Waals surface area contributed by atoms with Gasteiger partial charge in [-0.25, -0.2) is 9.42 Å². The van der Waals surface area contributed by atoms with Crippen molar-refractivity contribution in [1.29, 1.82) is 0 Å².